The van der Waals surface area contributed by atoms with Gasteiger partial charge in [0.2, 0.25) is 0 Å². The highest BCUT2D eigenvalue weighted by molar-refractivity contribution is 5.70. The van der Waals surface area contributed by atoms with Crippen LogP contribution in [0.3, 0.4) is 0 Å². The molecule has 1 heterocycles. The van der Waals surface area contributed by atoms with Crippen LogP contribution >= 0.6 is 0 Å². The summed E-state index contributed by atoms with van der Waals surface area (Å²) < 4.78 is 0. The summed E-state index contributed by atoms with van der Waals surface area (Å²) in [5, 5.41) is 0. The van der Waals surface area contributed by atoms with Gasteiger partial charge in [0.25, 0.3) is 0 Å². The maximum absolute atomic E-state index is 5.74. The van der Waals surface area contributed by atoms with Crippen molar-refractivity contribution in [3.05, 3.63) is 24.2 Å². The Morgan fingerprint density at radius 3 is 2.69 bits per heavy atom. The Balaban J connectivity index is 2.34. The molecule has 68 valence electrons. The average Bonchev–Trinajstić information content (AvgIpc) is 2.20. The van der Waals surface area contributed by atoms with Crippen LogP contribution < -0.4 is 5.73 Å². The quantitative estimate of drug-likeness (QED) is 0.710. The van der Waals surface area contributed by atoms with Gasteiger partial charge in [-0.3, -0.25) is 4.98 Å². The predicted molar refractivity (Wildman–Crippen MR) is 52.9 cm³/mol. The summed E-state index contributed by atoms with van der Waals surface area (Å²) in [6.45, 7) is 0. The molecule has 1 aromatic heterocycles. The van der Waals surface area contributed by atoms with E-state index >= 15 is 0 Å². The molecule has 0 spiro atoms. The SMILES string of the molecule is Nc1nccnc1C1=CCCCC1. The third-order valence-corrected chi connectivity index (χ3v) is 2.32. The molecule has 1 aliphatic rings. The van der Waals surface area contributed by atoms with Crippen molar-refractivity contribution >= 4 is 11.4 Å². The molecule has 0 bridgehead atoms. The summed E-state index contributed by atoms with van der Waals surface area (Å²) in [4.78, 5) is 8.27. The fraction of sp³-hybridized carbons (Fsp3) is 0.400. The molecule has 2 rings (SSSR count). The van der Waals surface area contributed by atoms with Crippen molar-refractivity contribution in [1.29, 1.82) is 0 Å². The molecule has 3 heteroatoms. The molecule has 1 aliphatic carbocycles. The van der Waals surface area contributed by atoms with Crippen molar-refractivity contribution in [2.75, 3.05) is 5.73 Å². The minimum atomic E-state index is 0.552. The highest BCUT2D eigenvalue weighted by Crippen LogP contribution is 2.27. The van der Waals surface area contributed by atoms with Gasteiger partial charge in [-0.2, -0.15) is 0 Å². The molecule has 0 amide bonds. The molecular formula is C10H13N3. The predicted octanol–water partition coefficient (Wildman–Crippen LogP) is 2.02. The van der Waals surface area contributed by atoms with Gasteiger partial charge in [-0.1, -0.05) is 6.08 Å². The Hall–Kier alpha value is -1.38. The highest BCUT2D eigenvalue weighted by Gasteiger charge is 2.10. The Morgan fingerprint density at radius 1 is 1.15 bits per heavy atom. The van der Waals surface area contributed by atoms with Crippen molar-refractivity contribution in [3.8, 4) is 0 Å². The lowest BCUT2D eigenvalue weighted by atomic mass is 9.97. The van der Waals surface area contributed by atoms with Gasteiger partial charge in [0, 0.05) is 12.4 Å². The van der Waals surface area contributed by atoms with Gasteiger partial charge in [-0.05, 0) is 31.3 Å². The Labute approximate surface area is 77.7 Å². The van der Waals surface area contributed by atoms with E-state index in [0.717, 1.165) is 18.5 Å². The number of nitrogen functional groups attached to an aromatic ring is 1. The van der Waals surface area contributed by atoms with Crippen LogP contribution in [-0.2, 0) is 0 Å². The lowest BCUT2D eigenvalue weighted by Gasteiger charge is -2.12. The standard InChI is InChI=1S/C10H13N3/c11-10-9(12-6-7-13-10)8-4-2-1-3-5-8/h4,6-7H,1-3,5H2,(H2,11,13). The van der Waals surface area contributed by atoms with E-state index in [9.17, 15) is 0 Å². The molecule has 0 atom stereocenters. The molecule has 1 aromatic rings. The normalized spacial score (nSPS) is 16.8. The molecular weight excluding hydrogens is 162 g/mol. The van der Waals surface area contributed by atoms with E-state index in [4.69, 9.17) is 5.73 Å². The second-order valence-electron chi connectivity index (χ2n) is 3.27. The number of rotatable bonds is 1. The highest BCUT2D eigenvalue weighted by atomic mass is 14.9. The van der Waals surface area contributed by atoms with Crippen LogP contribution in [0.5, 0.6) is 0 Å². The van der Waals surface area contributed by atoms with E-state index in [0.29, 0.717) is 5.82 Å². The zero-order valence-electron chi connectivity index (χ0n) is 7.53. The molecule has 0 aliphatic heterocycles. The van der Waals surface area contributed by atoms with E-state index in [1.165, 1.54) is 18.4 Å². The summed E-state index contributed by atoms with van der Waals surface area (Å²) in [6.07, 6.45) is 10.3. The fourth-order valence-corrected chi connectivity index (χ4v) is 1.65. The van der Waals surface area contributed by atoms with Gasteiger partial charge >= 0.3 is 0 Å². The van der Waals surface area contributed by atoms with E-state index in [1.807, 2.05) is 0 Å². The van der Waals surface area contributed by atoms with Crippen molar-refractivity contribution < 1.29 is 0 Å². The Kier molecular flexibility index (Phi) is 2.25. The van der Waals surface area contributed by atoms with Crippen LogP contribution in [0.2, 0.25) is 0 Å². The van der Waals surface area contributed by atoms with Crippen LogP contribution in [0.1, 0.15) is 31.4 Å². The van der Waals surface area contributed by atoms with Crippen molar-refractivity contribution in [2.45, 2.75) is 25.7 Å². The topological polar surface area (TPSA) is 51.8 Å². The van der Waals surface area contributed by atoms with Gasteiger partial charge in [0.1, 0.15) is 11.5 Å². The van der Waals surface area contributed by atoms with Crippen LogP contribution in [0.25, 0.3) is 5.57 Å². The number of allylic oxidation sites excluding steroid dienone is 2. The zero-order valence-corrected chi connectivity index (χ0v) is 7.53. The summed E-state index contributed by atoms with van der Waals surface area (Å²) in [5.41, 5.74) is 7.87. The molecule has 0 aromatic carbocycles. The van der Waals surface area contributed by atoms with E-state index in [-0.39, 0.29) is 0 Å². The van der Waals surface area contributed by atoms with Crippen molar-refractivity contribution in [3.63, 3.8) is 0 Å². The van der Waals surface area contributed by atoms with Crippen molar-refractivity contribution in [2.24, 2.45) is 0 Å². The molecule has 0 saturated carbocycles. The smallest absolute Gasteiger partial charge is 0.149 e. The van der Waals surface area contributed by atoms with Crippen LogP contribution in [0.15, 0.2) is 18.5 Å². The zero-order chi connectivity index (χ0) is 9.10. The summed E-state index contributed by atoms with van der Waals surface area (Å²) in [6, 6.07) is 0. The third kappa shape index (κ3) is 1.69. The second kappa shape index (κ2) is 3.56. The first-order valence-electron chi connectivity index (χ1n) is 4.64. The maximum atomic E-state index is 5.74. The van der Waals surface area contributed by atoms with Gasteiger partial charge in [0.05, 0.1) is 0 Å². The summed E-state index contributed by atoms with van der Waals surface area (Å²) >= 11 is 0. The minimum Gasteiger partial charge on any atom is -0.382 e. The fourth-order valence-electron chi connectivity index (χ4n) is 1.65. The van der Waals surface area contributed by atoms with Gasteiger partial charge < -0.3 is 5.73 Å². The maximum Gasteiger partial charge on any atom is 0.149 e. The Morgan fingerprint density at radius 2 is 2.00 bits per heavy atom. The minimum absolute atomic E-state index is 0.552. The summed E-state index contributed by atoms with van der Waals surface area (Å²) in [5.74, 6) is 0.552. The number of nitrogens with two attached hydrogens (primary N) is 1. The Bertz CT molecular complexity index is 331. The van der Waals surface area contributed by atoms with Crippen LogP contribution in [0, 0.1) is 0 Å². The monoisotopic (exact) mass is 175 g/mol. The molecule has 0 radical (unpaired) electrons. The molecule has 13 heavy (non-hydrogen) atoms. The lowest BCUT2D eigenvalue weighted by Crippen LogP contribution is -2.01. The number of anilines is 1. The van der Waals surface area contributed by atoms with E-state index < -0.39 is 0 Å². The number of aromatic nitrogens is 2. The molecule has 3 nitrogen and oxygen atoms in total. The second-order valence-corrected chi connectivity index (χ2v) is 3.27. The lowest BCUT2D eigenvalue weighted by molar-refractivity contribution is 0.739. The van der Waals surface area contributed by atoms with Crippen LogP contribution in [-0.4, -0.2) is 9.97 Å². The first-order chi connectivity index (χ1) is 6.38. The van der Waals surface area contributed by atoms with E-state index in [1.54, 1.807) is 12.4 Å². The first kappa shape index (κ1) is 8.23. The number of nitrogens with zero attached hydrogens (tertiary/aromatic N) is 2. The molecule has 0 fully saturated rings. The van der Waals surface area contributed by atoms with Gasteiger partial charge in [-0.15, -0.1) is 0 Å². The molecule has 0 unspecified atom stereocenters. The van der Waals surface area contributed by atoms with Crippen molar-refractivity contribution in [1.82, 2.24) is 9.97 Å². The van der Waals surface area contributed by atoms with Crippen LogP contribution in [0.4, 0.5) is 5.82 Å². The third-order valence-electron chi connectivity index (χ3n) is 2.32. The molecule has 2 N–H and O–H groups in total. The average molecular weight is 175 g/mol. The van der Waals surface area contributed by atoms with Gasteiger partial charge in [0.15, 0.2) is 0 Å². The summed E-state index contributed by atoms with van der Waals surface area (Å²) in [7, 11) is 0. The number of hydrogen-bond donors (Lipinski definition) is 1. The first-order valence-corrected chi connectivity index (χ1v) is 4.64. The number of hydrogen-bond acceptors (Lipinski definition) is 3. The van der Waals surface area contributed by atoms with Gasteiger partial charge in [-0.25, -0.2) is 4.98 Å². The molecule has 0 saturated heterocycles. The largest absolute Gasteiger partial charge is 0.382 e. The van der Waals surface area contributed by atoms with E-state index in [2.05, 4.69) is 16.0 Å².